The lowest BCUT2D eigenvalue weighted by Crippen LogP contribution is -2.46. The summed E-state index contributed by atoms with van der Waals surface area (Å²) in [5.41, 5.74) is 4.28. The molecule has 4 unspecified atom stereocenters. The smallest absolute Gasteiger partial charge is 0.386 e. The highest BCUT2D eigenvalue weighted by Gasteiger charge is 2.50. The Kier molecular flexibility index (Phi) is 26.4. The number of nitrogens with two attached hydrogens (primary N) is 1. The second-order valence-corrected chi connectivity index (χ2v) is 22.4. The molecule has 2 aromatic heterocycles. The number of carbonyl (C=O) groups is 3. The second-order valence-electron chi connectivity index (χ2n) is 17.0. The van der Waals surface area contributed by atoms with Crippen molar-refractivity contribution >= 4 is 69.1 Å². The minimum absolute atomic E-state index is 0.0324. The number of phosphoric acid groups is 3. The Morgan fingerprint density at radius 1 is 0.884 bits per heavy atom. The molecule has 69 heavy (non-hydrogen) atoms. The van der Waals surface area contributed by atoms with Crippen LogP contribution < -0.4 is 16.4 Å². The quantitative estimate of drug-likeness (QED) is 0.0241. The molecule has 28 heteroatoms. The maximum atomic E-state index is 12.7. The summed E-state index contributed by atoms with van der Waals surface area (Å²) in [4.78, 5) is 88.4. The number of unbranched alkanes of at least 4 members (excludes halogenated alkanes) is 10. The Morgan fingerprint density at radius 2 is 1.52 bits per heavy atom. The third kappa shape index (κ3) is 23.0. The number of fused-ring (bicyclic) bond motifs is 1. The molecule has 2 aromatic rings. The number of aliphatic hydroxyl groups is 2. The predicted molar refractivity (Wildman–Crippen MR) is 256 cm³/mol. The number of hydrogen-bond donors (Lipinski definition) is 9. The summed E-state index contributed by atoms with van der Waals surface area (Å²) in [6.45, 7) is 2.78. The zero-order chi connectivity index (χ0) is 51.1. The van der Waals surface area contributed by atoms with Gasteiger partial charge < -0.3 is 50.9 Å². The van der Waals surface area contributed by atoms with Gasteiger partial charge in [0.2, 0.25) is 11.8 Å². The number of carbonyl (C=O) groups excluding carboxylic acids is 3. The maximum Gasteiger partial charge on any atom is 0.481 e. The number of anilines is 1. The number of amides is 2. The molecule has 10 N–H and O–H groups in total. The first-order valence-electron chi connectivity index (χ1n) is 22.9. The Morgan fingerprint density at radius 3 is 2.19 bits per heavy atom. The van der Waals surface area contributed by atoms with Crippen LogP contribution in [0.2, 0.25) is 0 Å². The van der Waals surface area contributed by atoms with Gasteiger partial charge >= 0.3 is 23.5 Å². The molecular weight excluding hydrogens is 987 g/mol. The van der Waals surface area contributed by atoms with Crippen LogP contribution in [0.15, 0.2) is 37.0 Å². The van der Waals surface area contributed by atoms with E-state index < -0.39 is 84.6 Å². The number of nitrogens with zero attached hydrogens (tertiary/aromatic N) is 4. The minimum atomic E-state index is -5.58. The van der Waals surface area contributed by atoms with Crippen molar-refractivity contribution in [3.8, 4) is 0 Å². The zero-order valence-corrected chi connectivity index (χ0v) is 42.8. The first kappa shape index (κ1) is 60.3. The summed E-state index contributed by atoms with van der Waals surface area (Å²) in [6.07, 6.45) is 17.4. The van der Waals surface area contributed by atoms with Crippen molar-refractivity contribution in [3.05, 3.63) is 37.0 Å². The summed E-state index contributed by atoms with van der Waals surface area (Å²) in [5, 5.41) is 26.7. The molecule has 0 aliphatic carbocycles. The van der Waals surface area contributed by atoms with Crippen molar-refractivity contribution in [1.82, 2.24) is 30.2 Å². The summed E-state index contributed by atoms with van der Waals surface area (Å²) in [6, 6.07) is 0. The van der Waals surface area contributed by atoms with Gasteiger partial charge in [0.05, 0.1) is 19.5 Å². The van der Waals surface area contributed by atoms with Crippen molar-refractivity contribution in [2.75, 3.05) is 37.8 Å². The number of aromatic nitrogens is 4. The standard InChI is InChI=1S/C41H70N7O17P3S/c1-4-5-6-7-8-9-10-11-12-13-14-15-16-17-18-19-20-21-32(50)69-25-24-43-31(49)22-23-44-39(53)36(52)41(2,3)27-62-68(59,60)65-67(57,58)61-26-30-35(64-66(54,55)56)34(51)40(63-30)48-29-47-33-37(42)45-28-46-38(33)48/h11-12,14-15,28-30,34-36,40,51-52H,4-10,13,16-27H2,1-3H3,(H,43,49)(H,44,53)(H,57,58)(H,59,60)(H2,42,45,46)(H2,54,55,56)/b12-11-,15-14-/t30-,34?,35?,36+,40-/m1/s1. The number of imidazole rings is 1. The minimum Gasteiger partial charge on any atom is -0.386 e. The topological polar surface area (TPSA) is 364 Å². The van der Waals surface area contributed by atoms with Gasteiger partial charge in [-0.1, -0.05) is 102 Å². The van der Waals surface area contributed by atoms with Crippen molar-refractivity contribution in [1.29, 1.82) is 0 Å². The van der Waals surface area contributed by atoms with Crippen LogP contribution >= 0.6 is 35.2 Å². The first-order chi connectivity index (χ1) is 32.6. The number of rotatable bonds is 35. The van der Waals surface area contributed by atoms with Crippen LogP contribution in [-0.4, -0.2) is 123 Å². The number of phosphoric ester groups is 3. The number of nitrogen functional groups attached to an aromatic ring is 1. The Hall–Kier alpha value is -2.96. The van der Waals surface area contributed by atoms with E-state index in [1.165, 1.54) is 52.4 Å². The molecular formula is C41H70N7O17P3S. The summed E-state index contributed by atoms with van der Waals surface area (Å²) in [5.74, 6) is -1.05. The summed E-state index contributed by atoms with van der Waals surface area (Å²) < 4.78 is 62.4. The first-order valence-corrected chi connectivity index (χ1v) is 28.4. The van der Waals surface area contributed by atoms with Crippen LogP contribution in [0.5, 0.6) is 0 Å². The largest absolute Gasteiger partial charge is 0.481 e. The molecule has 3 rings (SSSR count). The van der Waals surface area contributed by atoms with Crippen molar-refractivity contribution in [2.24, 2.45) is 5.41 Å². The molecule has 3 heterocycles. The fourth-order valence-corrected chi connectivity index (χ4v) is 10.4. The zero-order valence-electron chi connectivity index (χ0n) is 39.3. The lowest BCUT2D eigenvalue weighted by atomic mass is 9.87. The summed E-state index contributed by atoms with van der Waals surface area (Å²) >= 11 is 1.14. The van der Waals surface area contributed by atoms with E-state index in [1.807, 2.05) is 0 Å². The Labute approximate surface area is 406 Å². The molecule has 1 aliphatic rings. The van der Waals surface area contributed by atoms with Gasteiger partial charge in [0, 0.05) is 37.1 Å². The van der Waals surface area contributed by atoms with E-state index in [0.717, 1.165) is 73.9 Å². The van der Waals surface area contributed by atoms with Gasteiger partial charge in [-0.15, -0.1) is 0 Å². The number of ether oxygens (including phenoxy) is 1. The normalized spacial score (nSPS) is 20.1. The molecule has 392 valence electrons. The van der Waals surface area contributed by atoms with E-state index in [9.17, 15) is 57.9 Å². The lowest BCUT2D eigenvalue weighted by molar-refractivity contribution is -0.137. The third-order valence-corrected chi connectivity index (χ3v) is 14.6. The predicted octanol–water partition coefficient (Wildman–Crippen LogP) is 5.26. The van der Waals surface area contributed by atoms with E-state index in [2.05, 4.69) is 65.6 Å². The molecule has 24 nitrogen and oxygen atoms in total. The van der Waals surface area contributed by atoms with Gasteiger partial charge in [-0.25, -0.2) is 28.6 Å². The van der Waals surface area contributed by atoms with Gasteiger partial charge in [0.25, 0.3) is 0 Å². The van der Waals surface area contributed by atoms with Gasteiger partial charge in [-0.2, -0.15) is 4.31 Å². The molecule has 1 aliphatic heterocycles. The number of aliphatic hydroxyl groups excluding tert-OH is 2. The molecule has 0 radical (unpaired) electrons. The highest BCUT2D eigenvalue weighted by atomic mass is 32.2. The molecule has 1 saturated heterocycles. The monoisotopic (exact) mass is 1060 g/mol. The second kappa shape index (κ2) is 30.2. The van der Waals surface area contributed by atoms with Gasteiger partial charge in [0.15, 0.2) is 22.8 Å². The molecule has 0 saturated carbocycles. The maximum absolute atomic E-state index is 12.7. The van der Waals surface area contributed by atoms with Crippen molar-refractivity contribution in [2.45, 2.75) is 148 Å². The molecule has 0 spiro atoms. The molecule has 2 amide bonds. The van der Waals surface area contributed by atoms with E-state index in [-0.39, 0.29) is 41.6 Å². The average Bonchev–Trinajstić information content (AvgIpc) is 3.84. The van der Waals surface area contributed by atoms with Gasteiger partial charge in [-0.3, -0.25) is 32.5 Å². The van der Waals surface area contributed by atoms with Crippen LogP contribution in [-0.2, 0) is 50.7 Å². The van der Waals surface area contributed by atoms with Gasteiger partial charge in [-0.05, 0) is 38.5 Å². The number of hydrogen-bond acceptors (Lipinski definition) is 18. The third-order valence-electron chi connectivity index (χ3n) is 10.6. The molecule has 0 aromatic carbocycles. The molecule has 7 atom stereocenters. The Balaban J connectivity index is 1.29. The molecule has 1 fully saturated rings. The number of thioether (sulfide) groups is 1. The van der Waals surface area contributed by atoms with E-state index in [1.54, 1.807) is 0 Å². The molecule has 0 bridgehead atoms. The van der Waals surface area contributed by atoms with Crippen LogP contribution in [0.3, 0.4) is 0 Å². The van der Waals surface area contributed by atoms with Crippen LogP contribution in [0.25, 0.3) is 11.2 Å². The van der Waals surface area contributed by atoms with E-state index in [0.29, 0.717) is 12.2 Å². The van der Waals surface area contributed by atoms with Crippen LogP contribution in [0.1, 0.15) is 123 Å². The highest BCUT2D eigenvalue weighted by molar-refractivity contribution is 8.13. The van der Waals surface area contributed by atoms with Crippen molar-refractivity contribution < 1.29 is 80.5 Å². The highest BCUT2D eigenvalue weighted by Crippen LogP contribution is 2.61. The number of nitrogens with one attached hydrogen (secondary N) is 2. The van der Waals surface area contributed by atoms with Crippen LogP contribution in [0, 0.1) is 5.41 Å². The van der Waals surface area contributed by atoms with Gasteiger partial charge in [0.1, 0.15) is 36.3 Å². The fraction of sp³-hybridized carbons (Fsp3) is 0.707. The average molecular weight is 1060 g/mol. The lowest BCUT2D eigenvalue weighted by Gasteiger charge is -2.30. The Bertz CT molecular complexity index is 2130. The number of allylic oxidation sites excluding steroid dienone is 4. The van der Waals surface area contributed by atoms with E-state index >= 15 is 0 Å². The summed E-state index contributed by atoms with van der Waals surface area (Å²) in [7, 11) is -16.4. The van der Waals surface area contributed by atoms with E-state index in [4.69, 9.17) is 19.5 Å². The van der Waals surface area contributed by atoms with Crippen LogP contribution in [0.4, 0.5) is 5.82 Å². The SMILES string of the molecule is CCCCCCCC/C=C\C/C=C\CCCCCCC(=O)SCCNC(=O)CCNC(=O)[C@H](O)C(C)(C)COP(=O)(O)OP(=O)(O)OC[C@H]1O[C@@H](n2cnc3c(N)ncnc32)C(O)C1OP(=O)(O)O. The fourth-order valence-electron chi connectivity index (χ4n) is 6.80. The van der Waals surface area contributed by atoms with Crippen molar-refractivity contribution in [3.63, 3.8) is 0 Å².